The van der Waals surface area contributed by atoms with Crippen LogP contribution in [0.15, 0.2) is 11.7 Å². The summed E-state index contributed by atoms with van der Waals surface area (Å²) in [5, 5.41) is 2.99. The summed E-state index contributed by atoms with van der Waals surface area (Å²) in [5.41, 5.74) is 5.51. The molecule has 1 amide bonds. The predicted molar refractivity (Wildman–Crippen MR) is 117 cm³/mol. The van der Waals surface area contributed by atoms with Crippen LogP contribution in [0.1, 0.15) is 54.1 Å². The first-order valence-corrected chi connectivity index (χ1v) is 11.7. The van der Waals surface area contributed by atoms with Gasteiger partial charge in [-0.1, -0.05) is 0 Å². The van der Waals surface area contributed by atoms with Crippen molar-refractivity contribution in [3.8, 4) is 21.9 Å². The summed E-state index contributed by atoms with van der Waals surface area (Å²) in [6.45, 7) is 4.70. The van der Waals surface area contributed by atoms with E-state index in [-0.39, 0.29) is 5.91 Å². The zero-order chi connectivity index (χ0) is 21.0. The van der Waals surface area contributed by atoms with E-state index in [1.165, 1.54) is 0 Å². The van der Waals surface area contributed by atoms with Crippen molar-refractivity contribution < 1.29 is 14.3 Å². The lowest BCUT2D eigenvalue weighted by molar-refractivity contribution is -0.123. The van der Waals surface area contributed by atoms with Crippen LogP contribution in [0, 0.1) is 12.8 Å². The van der Waals surface area contributed by atoms with Crippen LogP contribution in [0.3, 0.4) is 0 Å². The SMILES string of the molecule is Cc1c2c(c(-c3cncs3)c3c1C(=O)NCC3)OC(C)(C1CCC(N(C)C)CC1)O2. The van der Waals surface area contributed by atoms with Gasteiger partial charge in [-0.15, -0.1) is 11.3 Å². The summed E-state index contributed by atoms with van der Waals surface area (Å²) in [5.74, 6) is 1.12. The van der Waals surface area contributed by atoms with Crippen LogP contribution < -0.4 is 14.8 Å². The van der Waals surface area contributed by atoms with Gasteiger partial charge < -0.3 is 19.7 Å². The highest BCUT2D eigenvalue weighted by atomic mass is 32.1. The highest BCUT2D eigenvalue weighted by Crippen LogP contribution is 2.55. The summed E-state index contributed by atoms with van der Waals surface area (Å²) in [6.07, 6.45) is 7.09. The Labute approximate surface area is 181 Å². The number of amides is 1. The Balaban J connectivity index is 1.57. The van der Waals surface area contributed by atoms with Gasteiger partial charge >= 0.3 is 0 Å². The minimum absolute atomic E-state index is 0.0222. The topological polar surface area (TPSA) is 63.7 Å². The fourth-order valence-electron chi connectivity index (χ4n) is 5.36. The highest BCUT2D eigenvalue weighted by Gasteiger charge is 2.48. The van der Waals surface area contributed by atoms with Gasteiger partial charge in [0.25, 0.3) is 11.7 Å². The highest BCUT2D eigenvalue weighted by molar-refractivity contribution is 7.13. The maximum atomic E-state index is 12.8. The maximum Gasteiger partial charge on any atom is 0.252 e. The van der Waals surface area contributed by atoms with E-state index in [2.05, 4.69) is 36.2 Å². The first-order chi connectivity index (χ1) is 14.4. The number of fused-ring (bicyclic) bond motifs is 2. The molecular formula is C23H29N3O3S. The van der Waals surface area contributed by atoms with Gasteiger partial charge in [-0.25, -0.2) is 0 Å². The molecule has 0 spiro atoms. The van der Waals surface area contributed by atoms with Gasteiger partial charge in [-0.2, -0.15) is 0 Å². The van der Waals surface area contributed by atoms with Gasteiger partial charge in [-0.3, -0.25) is 9.78 Å². The van der Waals surface area contributed by atoms with E-state index >= 15 is 0 Å². The number of ether oxygens (including phenoxy) is 2. The molecule has 160 valence electrons. The van der Waals surface area contributed by atoms with Gasteiger partial charge in [0.2, 0.25) is 0 Å². The van der Waals surface area contributed by atoms with Crippen LogP contribution in [0.25, 0.3) is 10.4 Å². The van der Waals surface area contributed by atoms with Gasteiger partial charge in [0, 0.05) is 42.8 Å². The summed E-state index contributed by atoms with van der Waals surface area (Å²) in [6, 6.07) is 0.624. The summed E-state index contributed by atoms with van der Waals surface area (Å²) < 4.78 is 13.3. The van der Waals surface area contributed by atoms with Crippen molar-refractivity contribution in [3.05, 3.63) is 28.4 Å². The molecule has 0 bridgehead atoms. The fourth-order valence-corrected chi connectivity index (χ4v) is 6.05. The van der Waals surface area contributed by atoms with Crippen molar-refractivity contribution in [1.29, 1.82) is 0 Å². The van der Waals surface area contributed by atoms with Gasteiger partial charge in [0.15, 0.2) is 11.5 Å². The molecule has 7 heteroatoms. The van der Waals surface area contributed by atoms with Crippen LogP contribution in [0.2, 0.25) is 0 Å². The average Bonchev–Trinajstić information content (AvgIpc) is 3.37. The monoisotopic (exact) mass is 427 g/mol. The number of nitrogens with one attached hydrogen (secondary N) is 1. The number of hydrogen-bond acceptors (Lipinski definition) is 6. The van der Waals surface area contributed by atoms with Crippen molar-refractivity contribution >= 4 is 17.2 Å². The maximum absolute atomic E-state index is 12.8. The average molecular weight is 428 g/mol. The molecule has 1 aliphatic carbocycles. The Morgan fingerprint density at radius 2 is 1.90 bits per heavy atom. The molecule has 1 atom stereocenters. The van der Waals surface area contributed by atoms with Crippen LogP contribution in [-0.2, 0) is 6.42 Å². The number of nitrogens with zero attached hydrogens (tertiary/aromatic N) is 2. The van der Waals surface area contributed by atoms with Crippen molar-refractivity contribution in [1.82, 2.24) is 15.2 Å². The Hall–Kier alpha value is -2.12. The van der Waals surface area contributed by atoms with Gasteiger partial charge in [0.1, 0.15) is 0 Å². The molecule has 6 nitrogen and oxygen atoms in total. The number of carbonyl (C=O) groups is 1. The van der Waals surface area contributed by atoms with E-state index in [0.717, 1.165) is 70.7 Å². The standard InChI is InChI=1S/C23H29N3O3S/c1-13-18-16(9-10-25-22(18)27)19(17-11-24-12-30-17)21-20(13)28-23(2,29-21)14-5-7-15(8-6-14)26(3)4/h11-12,14-15H,5-10H2,1-4H3,(H,25,27). The number of aromatic nitrogens is 1. The molecule has 3 aliphatic rings. The second kappa shape index (κ2) is 7.24. The van der Waals surface area contributed by atoms with E-state index in [1.807, 2.05) is 18.6 Å². The lowest BCUT2D eigenvalue weighted by atomic mass is 9.81. The minimum atomic E-state index is -0.704. The third-order valence-corrected chi connectivity index (χ3v) is 7.89. The normalized spacial score (nSPS) is 27.8. The second-order valence-corrected chi connectivity index (χ2v) is 9.96. The number of rotatable bonds is 3. The number of carbonyl (C=O) groups excluding carboxylic acids is 1. The third-order valence-electron chi connectivity index (χ3n) is 7.10. The molecule has 3 heterocycles. The minimum Gasteiger partial charge on any atom is -0.448 e. The molecule has 1 aromatic heterocycles. The zero-order valence-corrected chi connectivity index (χ0v) is 18.9. The zero-order valence-electron chi connectivity index (χ0n) is 18.1. The van der Waals surface area contributed by atoms with E-state index < -0.39 is 5.79 Å². The molecule has 1 fully saturated rings. The Morgan fingerprint density at radius 3 is 2.57 bits per heavy atom. The lowest BCUT2D eigenvalue weighted by Crippen LogP contribution is -2.46. The van der Waals surface area contributed by atoms with Crippen LogP contribution >= 0.6 is 11.3 Å². The van der Waals surface area contributed by atoms with Crippen LogP contribution in [0.5, 0.6) is 11.5 Å². The predicted octanol–water partition coefficient (Wildman–Crippen LogP) is 4.01. The van der Waals surface area contributed by atoms with Crippen molar-refractivity contribution in [3.63, 3.8) is 0 Å². The van der Waals surface area contributed by atoms with Gasteiger partial charge in [-0.05, 0) is 58.7 Å². The smallest absolute Gasteiger partial charge is 0.252 e. The molecule has 1 unspecified atom stereocenters. The number of thiazole rings is 1. The first-order valence-electron chi connectivity index (χ1n) is 10.8. The molecule has 5 rings (SSSR count). The van der Waals surface area contributed by atoms with Gasteiger partial charge in [0.05, 0.1) is 16.0 Å². The summed E-state index contributed by atoms with van der Waals surface area (Å²) >= 11 is 1.58. The first kappa shape index (κ1) is 19.8. The quantitative estimate of drug-likeness (QED) is 0.802. The second-order valence-electron chi connectivity index (χ2n) is 9.07. The van der Waals surface area contributed by atoms with E-state index in [0.29, 0.717) is 18.5 Å². The largest absolute Gasteiger partial charge is 0.448 e. The fraction of sp³-hybridized carbons (Fsp3) is 0.565. The number of hydrogen-bond donors (Lipinski definition) is 1. The molecular weight excluding hydrogens is 398 g/mol. The summed E-state index contributed by atoms with van der Waals surface area (Å²) in [7, 11) is 4.32. The summed E-state index contributed by atoms with van der Waals surface area (Å²) in [4.78, 5) is 20.4. The molecule has 1 saturated carbocycles. The molecule has 30 heavy (non-hydrogen) atoms. The van der Waals surface area contributed by atoms with E-state index in [4.69, 9.17) is 9.47 Å². The van der Waals surface area contributed by atoms with Crippen molar-refractivity contribution in [2.75, 3.05) is 20.6 Å². The Bertz CT molecular complexity index is 980. The molecule has 1 aromatic carbocycles. The van der Waals surface area contributed by atoms with Crippen molar-refractivity contribution in [2.24, 2.45) is 5.92 Å². The molecule has 0 radical (unpaired) electrons. The third kappa shape index (κ3) is 3.02. The van der Waals surface area contributed by atoms with Crippen LogP contribution in [0.4, 0.5) is 0 Å². The lowest BCUT2D eigenvalue weighted by Gasteiger charge is -2.39. The molecule has 0 saturated heterocycles. The molecule has 1 N–H and O–H groups in total. The van der Waals surface area contributed by atoms with Crippen LogP contribution in [-0.4, -0.2) is 48.3 Å². The number of benzene rings is 1. The Morgan fingerprint density at radius 1 is 1.17 bits per heavy atom. The van der Waals surface area contributed by atoms with E-state index in [9.17, 15) is 4.79 Å². The molecule has 2 aromatic rings. The van der Waals surface area contributed by atoms with Crippen molar-refractivity contribution in [2.45, 2.75) is 57.8 Å². The van der Waals surface area contributed by atoms with E-state index in [1.54, 1.807) is 11.3 Å². The Kier molecular flexibility index (Phi) is 4.78. The molecule has 2 aliphatic heterocycles.